The first kappa shape index (κ1) is 18.0. The zero-order valence-electron chi connectivity index (χ0n) is 14.4. The van der Waals surface area contributed by atoms with E-state index in [2.05, 4.69) is 10.0 Å². The molecule has 2 aromatic rings. The number of benzene rings is 2. The lowest BCUT2D eigenvalue weighted by atomic mass is 10.2. The predicted octanol–water partition coefficient (Wildman–Crippen LogP) is 1.40. The number of rotatable bonds is 6. The molecule has 0 unspecified atom stereocenters. The van der Waals surface area contributed by atoms with Crippen molar-refractivity contribution in [1.82, 2.24) is 4.72 Å². The number of amides is 1. The van der Waals surface area contributed by atoms with Crippen molar-refractivity contribution in [2.75, 3.05) is 37.6 Å². The van der Waals surface area contributed by atoms with Gasteiger partial charge in [-0.15, -0.1) is 0 Å². The molecule has 0 bridgehead atoms. The molecule has 138 valence electrons. The minimum absolute atomic E-state index is 0.00452. The Labute approximate surface area is 151 Å². The van der Waals surface area contributed by atoms with Crippen LogP contribution in [0, 0.1) is 0 Å². The molecule has 9 heteroatoms. The minimum atomic E-state index is -3.84. The number of carbonyl (C=O) groups excluding carboxylic acids is 1. The summed E-state index contributed by atoms with van der Waals surface area (Å²) in [5.74, 6) is 0.382. The van der Waals surface area contributed by atoms with Crippen molar-refractivity contribution in [3.8, 4) is 11.5 Å². The number of hydrogen-bond acceptors (Lipinski definition) is 6. The number of hydrogen-bond donors (Lipinski definition) is 2. The van der Waals surface area contributed by atoms with Crippen LogP contribution in [0.4, 0.5) is 11.4 Å². The summed E-state index contributed by atoms with van der Waals surface area (Å²) in [6, 6.07) is 11.5. The van der Waals surface area contributed by atoms with Crippen molar-refractivity contribution in [3.05, 3.63) is 42.5 Å². The maximum Gasteiger partial charge on any atom is 0.241 e. The minimum Gasteiger partial charge on any atom is -0.454 e. The van der Waals surface area contributed by atoms with Crippen molar-refractivity contribution in [2.45, 2.75) is 4.90 Å². The van der Waals surface area contributed by atoms with Crippen LogP contribution in [0.15, 0.2) is 47.4 Å². The molecular weight excluding hydrogens is 358 g/mol. The van der Waals surface area contributed by atoms with Gasteiger partial charge in [-0.25, -0.2) is 13.1 Å². The van der Waals surface area contributed by atoms with E-state index in [0.29, 0.717) is 17.2 Å². The molecule has 0 aromatic heterocycles. The fraction of sp³-hybridized carbons (Fsp3) is 0.235. The number of sulfonamides is 1. The molecule has 0 fully saturated rings. The standard InChI is InChI=1S/C17H19N3O5S/c1-20(2)13-5-3-12(4-6-13)19-17(21)10-18-26(22,23)14-7-8-15-16(9-14)25-11-24-15/h3-9,18H,10-11H2,1-2H3,(H,19,21). The molecule has 0 saturated heterocycles. The Balaban J connectivity index is 1.59. The summed E-state index contributed by atoms with van der Waals surface area (Å²) in [7, 11) is -0.00986. The van der Waals surface area contributed by atoms with Crippen LogP contribution < -0.4 is 24.4 Å². The van der Waals surface area contributed by atoms with Crippen LogP contribution in [-0.2, 0) is 14.8 Å². The Morgan fingerprint density at radius 2 is 1.77 bits per heavy atom. The number of nitrogens with zero attached hydrogens (tertiary/aromatic N) is 1. The maximum atomic E-state index is 12.3. The van der Waals surface area contributed by atoms with Gasteiger partial charge in [-0.05, 0) is 36.4 Å². The molecule has 2 N–H and O–H groups in total. The van der Waals surface area contributed by atoms with Crippen LogP contribution in [0.25, 0.3) is 0 Å². The lowest BCUT2D eigenvalue weighted by Gasteiger charge is -2.13. The first-order valence-corrected chi connectivity index (χ1v) is 9.30. The van der Waals surface area contributed by atoms with Gasteiger partial charge >= 0.3 is 0 Å². The van der Waals surface area contributed by atoms with E-state index < -0.39 is 15.9 Å². The highest BCUT2D eigenvalue weighted by atomic mass is 32.2. The van der Waals surface area contributed by atoms with Crippen molar-refractivity contribution < 1.29 is 22.7 Å². The summed E-state index contributed by atoms with van der Waals surface area (Å²) in [5, 5.41) is 2.64. The van der Waals surface area contributed by atoms with E-state index in [1.807, 2.05) is 31.1 Å². The van der Waals surface area contributed by atoms with E-state index in [1.54, 1.807) is 12.1 Å². The van der Waals surface area contributed by atoms with E-state index in [9.17, 15) is 13.2 Å². The van der Waals surface area contributed by atoms with Gasteiger partial charge in [-0.3, -0.25) is 4.79 Å². The van der Waals surface area contributed by atoms with Gasteiger partial charge in [0.25, 0.3) is 0 Å². The van der Waals surface area contributed by atoms with Crippen LogP contribution in [0.3, 0.4) is 0 Å². The predicted molar refractivity (Wildman–Crippen MR) is 97.2 cm³/mol. The topological polar surface area (TPSA) is 97.0 Å². The third-order valence-corrected chi connectivity index (χ3v) is 5.14. The quantitative estimate of drug-likeness (QED) is 0.790. The summed E-state index contributed by atoms with van der Waals surface area (Å²) < 4.78 is 37.2. The Morgan fingerprint density at radius 1 is 1.08 bits per heavy atom. The number of ether oxygens (including phenoxy) is 2. The fourth-order valence-corrected chi connectivity index (χ4v) is 3.33. The van der Waals surface area contributed by atoms with E-state index in [1.165, 1.54) is 18.2 Å². The third kappa shape index (κ3) is 4.06. The van der Waals surface area contributed by atoms with Crippen LogP contribution in [-0.4, -0.2) is 41.8 Å². The Hall–Kier alpha value is -2.78. The van der Waals surface area contributed by atoms with Gasteiger partial charge in [0.1, 0.15) is 0 Å². The van der Waals surface area contributed by atoms with Crippen LogP contribution in [0.1, 0.15) is 0 Å². The lowest BCUT2D eigenvalue weighted by Crippen LogP contribution is -2.32. The SMILES string of the molecule is CN(C)c1ccc(NC(=O)CNS(=O)(=O)c2ccc3c(c2)OCO3)cc1. The Morgan fingerprint density at radius 3 is 2.46 bits per heavy atom. The lowest BCUT2D eigenvalue weighted by molar-refractivity contribution is -0.115. The Kier molecular flexibility index (Phi) is 5.01. The van der Waals surface area contributed by atoms with Gasteiger partial charge in [0.2, 0.25) is 22.7 Å². The summed E-state index contributed by atoms with van der Waals surface area (Å²) in [4.78, 5) is 13.9. The average Bonchev–Trinajstić information content (AvgIpc) is 3.08. The van der Waals surface area contributed by atoms with Crippen molar-refractivity contribution in [1.29, 1.82) is 0 Å². The summed E-state index contributed by atoms with van der Waals surface area (Å²) >= 11 is 0. The monoisotopic (exact) mass is 377 g/mol. The highest BCUT2D eigenvalue weighted by Gasteiger charge is 2.20. The number of carbonyl (C=O) groups is 1. The zero-order valence-corrected chi connectivity index (χ0v) is 15.2. The molecule has 0 aliphatic carbocycles. The highest BCUT2D eigenvalue weighted by molar-refractivity contribution is 7.89. The second-order valence-corrected chi connectivity index (χ2v) is 7.60. The number of nitrogens with one attached hydrogen (secondary N) is 2. The average molecular weight is 377 g/mol. The molecular formula is C17H19N3O5S. The van der Waals surface area contributed by atoms with Gasteiger partial charge in [0, 0.05) is 31.5 Å². The first-order valence-electron chi connectivity index (χ1n) is 7.82. The first-order chi connectivity index (χ1) is 12.3. The van der Waals surface area contributed by atoms with Crippen molar-refractivity contribution >= 4 is 27.3 Å². The molecule has 0 saturated carbocycles. The van der Waals surface area contributed by atoms with Gasteiger partial charge in [0.05, 0.1) is 11.4 Å². The second-order valence-electron chi connectivity index (χ2n) is 5.83. The highest BCUT2D eigenvalue weighted by Crippen LogP contribution is 2.33. The van der Waals surface area contributed by atoms with E-state index in [4.69, 9.17) is 9.47 Å². The molecule has 26 heavy (non-hydrogen) atoms. The molecule has 0 atom stereocenters. The molecule has 8 nitrogen and oxygen atoms in total. The smallest absolute Gasteiger partial charge is 0.241 e. The van der Waals surface area contributed by atoms with E-state index >= 15 is 0 Å². The normalized spacial score (nSPS) is 12.7. The second kappa shape index (κ2) is 7.22. The van der Waals surface area contributed by atoms with E-state index in [-0.39, 0.29) is 18.2 Å². The summed E-state index contributed by atoms with van der Waals surface area (Å²) in [6.45, 7) is -0.326. The van der Waals surface area contributed by atoms with Crippen molar-refractivity contribution in [2.24, 2.45) is 0 Å². The van der Waals surface area contributed by atoms with Crippen LogP contribution >= 0.6 is 0 Å². The zero-order chi connectivity index (χ0) is 18.7. The molecule has 2 aromatic carbocycles. The van der Waals surface area contributed by atoms with Gasteiger partial charge in [-0.1, -0.05) is 0 Å². The third-order valence-electron chi connectivity index (χ3n) is 3.74. The molecule has 1 aliphatic rings. The fourth-order valence-electron chi connectivity index (χ4n) is 2.34. The maximum absolute atomic E-state index is 12.3. The summed E-state index contributed by atoms with van der Waals surface area (Å²) in [5.41, 5.74) is 1.58. The van der Waals surface area contributed by atoms with Crippen LogP contribution in [0.2, 0.25) is 0 Å². The van der Waals surface area contributed by atoms with Crippen LogP contribution in [0.5, 0.6) is 11.5 Å². The Bertz CT molecular complexity index is 910. The molecule has 0 spiro atoms. The largest absolute Gasteiger partial charge is 0.454 e. The molecule has 1 amide bonds. The van der Waals surface area contributed by atoms with Crippen molar-refractivity contribution in [3.63, 3.8) is 0 Å². The number of fused-ring (bicyclic) bond motifs is 1. The summed E-state index contributed by atoms with van der Waals surface area (Å²) in [6.07, 6.45) is 0. The molecule has 3 rings (SSSR count). The van der Waals surface area contributed by atoms with Gasteiger partial charge < -0.3 is 19.7 Å². The molecule has 1 aliphatic heterocycles. The molecule has 1 heterocycles. The van der Waals surface area contributed by atoms with Gasteiger partial charge in [-0.2, -0.15) is 0 Å². The number of anilines is 2. The van der Waals surface area contributed by atoms with E-state index in [0.717, 1.165) is 5.69 Å². The van der Waals surface area contributed by atoms with Gasteiger partial charge in [0.15, 0.2) is 11.5 Å². The molecule has 0 radical (unpaired) electrons.